The third-order valence-corrected chi connectivity index (χ3v) is 6.27. The lowest BCUT2D eigenvalue weighted by molar-refractivity contribution is -0.125. The summed E-state index contributed by atoms with van der Waals surface area (Å²) in [5.41, 5.74) is 0. The van der Waals surface area contributed by atoms with Crippen molar-refractivity contribution in [3.05, 3.63) is 34.5 Å². The summed E-state index contributed by atoms with van der Waals surface area (Å²) in [5, 5.41) is 14.0. The van der Waals surface area contributed by atoms with Gasteiger partial charge in [-0.3, -0.25) is 4.79 Å². The maximum Gasteiger partial charge on any atom is 0.224 e. The summed E-state index contributed by atoms with van der Waals surface area (Å²) < 4.78 is 5.39. The maximum absolute atomic E-state index is 12.6. The normalized spacial score (nSPS) is 20.2. The Hall–Kier alpha value is -2.19. The van der Waals surface area contributed by atoms with Gasteiger partial charge < -0.3 is 19.9 Å². The van der Waals surface area contributed by atoms with Crippen molar-refractivity contribution in [2.45, 2.75) is 19.3 Å². The molecule has 0 spiro atoms. The van der Waals surface area contributed by atoms with E-state index in [4.69, 9.17) is 4.74 Å². The van der Waals surface area contributed by atoms with Gasteiger partial charge in [0.2, 0.25) is 5.91 Å². The Balaban J connectivity index is 1.29. The molecule has 2 aromatic rings. The number of ether oxygens (including phenoxy) is 1. The standard InChI is InChI=1S/C20H27N5O2S/c26-20(21-8-7-17-4-2-14-28-17)16-3-1-9-25(15-16)19-6-5-18(22-23-19)24-10-12-27-13-11-24/h2,4-6,14,16H,1,3,7-13,15H2,(H,21,26). The van der Waals surface area contributed by atoms with Gasteiger partial charge in [-0.05, 0) is 42.8 Å². The van der Waals surface area contributed by atoms with Crippen molar-refractivity contribution in [3.63, 3.8) is 0 Å². The van der Waals surface area contributed by atoms with Gasteiger partial charge in [-0.25, -0.2) is 0 Å². The number of carbonyl (C=O) groups excluding carboxylic acids is 1. The van der Waals surface area contributed by atoms with Crippen molar-refractivity contribution >= 4 is 28.9 Å². The molecule has 2 saturated heterocycles. The zero-order valence-electron chi connectivity index (χ0n) is 16.0. The number of thiophene rings is 1. The summed E-state index contributed by atoms with van der Waals surface area (Å²) in [5.74, 6) is 1.91. The maximum atomic E-state index is 12.6. The lowest BCUT2D eigenvalue weighted by Gasteiger charge is -2.33. The molecule has 1 atom stereocenters. The van der Waals surface area contributed by atoms with E-state index < -0.39 is 0 Å². The fourth-order valence-electron chi connectivity index (χ4n) is 3.76. The van der Waals surface area contributed by atoms with Crippen LogP contribution in [0.4, 0.5) is 11.6 Å². The Labute approximate surface area is 169 Å². The first-order chi connectivity index (χ1) is 13.8. The fourth-order valence-corrected chi connectivity index (χ4v) is 4.46. The third kappa shape index (κ3) is 4.80. The summed E-state index contributed by atoms with van der Waals surface area (Å²) in [6.45, 7) is 5.50. The minimum Gasteiger partial charge on any atom is -0.378 e. The number of hydrogen-bond donors (Lipinski definition) is 1. The molecule has 2 fully saturated rings. The SMILES string of the molecule is O=C(NCCc1cccs1)C1CCCN(c2ccc(N3CCOCC3)nn2)C1. The molecule has 1 unspecified atom stereocenters. The summed E-state index contributed by atoms with van der Waals surface area (Å²) in [7, 11) is 0. The fraction of sp³-hybridized carbons (Fsp3) is 0.550. The van der Waals surface area contributed by atoms with Gasteiger partial charge in [0.05, 0.1) is 19.1 Å². The molecule has 2 aliphatic heterocycles. The van der Waals surface area contributed by atoms with Crippen molar-refractivity contribution in [3.8, 4) is 0 Å². The summed E-state index contributed by atoms with van der Waals surface area (Å²) >= 11 is 1.73. The van der Waals surface area contributed by atoms with E-state index in [1.165, 1.54) is 4.88 Å². The quantitative estimate of drug-likeness (QED) is 0.798. The van der Waals surface area contributed by atoms with E-state index >= 15 is 0 Å². The molecular formula is C20H27N5O2S. The minimum absolute atomic E-state index is 0.0119. The number of aromatic nitrogens is 2. The molecule has 28 heavy (non-hydrogen) atoms. The lowest BCUT2D eigenvalue weighted by Crippen LogP contribution is -2.44. The molecule has 1 N–H and O–H groups in total. The second-order valence-corrected chi connectivity index (χ2v) is 8.29. The van der Waals surface area contributed by atoms with Crippen LogP contribution in [0.5, 0.6) is 0 Å². The first-order valence-electron chi connectivity index (χ1n) is 10.0. The summed E-state index contributed by atoms with van der Waals surface area (Å²) in [4.78, 5) is 18.3. The van der Waals surface area contributed by atoms with Crippen LogP contribution in [0.25, 0.3) is 0 Å². The highest BCUT2D eigenvalue weighted by Gasteiger charge is 2.26. The Kier molecular flexibility index (Phi) is 6.38. The number of hydrogen-bond acceptors (Lipinski definition) is 7. The zero-order chi connectivity index (χ0) is 19.2. The van der Waals surface area contributed by atoms with Gasteiger partial charge in [-0.2, -0.15) is 0 Å². The van der Waals surface area contributed by atoms with Gasteiger partial charge in [-0.15, -0.1) is 21.5 Å². The Morgan fingerprint density at radius 3 is 2.64 bits per heavy atom. The largest absolute Gasteiger partial charge is 0.378 e. The predicted molar refractivity (Wildman–Crippen MR) is 111 cm³/mol. The van der Waals surface area contributed by atoms with Crippen LogP contribution >= 0.6 is 11.3 Å². The molecule has 0 aromatic carbocycles. The average molecular weight is 402 g/mol. The number of rotatable bonds is 6. The lowest BCUT2D eigenvalue weighted by atomic mass is 9.97. The molecule has 2 aliphatic rings. The molecule has 0 aliphatic carbocycles. The number of anilines is 2. The van der Waals surface area contributed by atoms with E-state index in [0.29, 0.717) is 13.1 Å². The van der Waals surface area contributed by atoms with Gasteiger partial charge in [-0.1, -0.05) is 6.07 Å². The summed E-state index contributed by atoms with van der Waals surface area (Å²) in [6, 6.07) is 8.21. The molecule has 1 amide bonds. The van der Waals surface area contributed by atoms with Crippen molar-refractivity contribution in [2.24, 2.45) is 5.92 Å². The molecular weight excluding hydrogens is 374 g/mol. The van der Waals surface area contributed by atoms with Gasteiger partial charge in [0.1, 0.15) is 0 Å². The van der Waals surface area contributed by atoms with Gasteiger partial charge >= 0.3 is 0 Å². The molecule has 0 bridgehead atoms. The number of amides is 1. The minimum atomic E-state index is 0.0119. The smallest absolute Gasteiger partial charge is 0.224 e. The number of nitrogens with one attached hydrogen (secondary N) is 1. The monoisotopic (exact) mass is 401 g/mol. The Bertz CT molecular complexity index is 746. The van der Waals surface area contributed by atoms with Gasteiger partial charge in [0, 0.05) is 37.6 Å². The third-order valence-electron chi connectivity index (χ3n) is 5.34. The number of piperidine rings is 1. The van der Waals surface area contributed by atoms with Crippen LogP contribution in [0, 0.1) is 5.92 Å². The van der Waals surface area contributed by atoms with E-state index in [0.717, 1.165) is 63.7 Å². The van der Waals surface area contributed by atoms with Crippen LogP contribution < -0.4 is 15.1 Å². The first-order valence-corrected chi connectivity index (χ1v) is 10.9. The molecule has 150 valence electrons. The van der Waals surface area contributed by atoms with Crippen molar-refractivity contribution in [1.82, 2.24) is 15.5 Å². The second-order valence-electron chi connectivity index (χ2n) is 7.25. The first kappa shape index (κ1) is 19.1. The van der Waals surface area contributed by atoms with Crippen LogP contribution in [0.15, 0.2) is 29.6 Å². The van der Waals surface area contributed by atoms with Crippen molar-refractivity contribution < 1.29 is 9.53 Å². The summed E-state index contributed by atoms with van der Waals surface area (Å²) in [6.07, 6.45) is 2.82. The molecule has 0 saturated carbocycles. The number of carbonyl (C=O) groups is 1. The zero-order valence-corrected chi connectivity index (χ0v) is 16.9. The van der Waals surface area contributed by atoms with E-state index in [9.17, 15) is 4.79 Å². The molecule has 8 heteroatoms. The van der Waals surface area contributed by atoms with Crippen molar-refractivity contribution in [2.75, 3.05) is 55.7 Å². The topological polar surface area (TPSA) is 70.6 Å². The highest BCUT2D eigenvalue weighted by atomic mass is 32.1. The van der Waals surface area contributed by atoms with Crippen LogP contribution in [-0.2, 0) is 16.0 Å². The molecule has 7 nitrogen and oxygen atoms in total. The van der Waals surface area contributed by atoms with Crippen molar-refractivity contribution in [1.29, 1.82) is 0 Å². The average Bonchev–Trinajstić information content (AvgIpc) is 3.28. The predicted octanol–water partition coefficient (Wildman–Crippen LogP) is 1.95. The van der Waals surface area contributed by atoms with E-state index in [1.807, 2.05) is 18.2 Å². The Morgan fingerprint density at radius 1 is 1.14 bits per heavy atom. The molecule has 2 aromatic heterocycles. The van der Waals surface area contributed by atoms with Crippen LogP contribution in [0.2, 0.25) is 0 Å². The van der Waals surface area contributed by atoms with Gasteiger partial charge in [0.15, 0.2) is 11.6 Å². The Morgan fingerprint density at radius 2 is 1.93 bits per heavy atom. The molecule has 4 rings (SSSR count). The highest BCUT2D eigenvalue weighted by Crippen LogP contribution is 2.23. The number of nitrogens with zero attached hydrogens (tertiary/aromatic N) is 4. The van der Waals surface area contributed by atoms with Gasteiger partial charge in [0.25, 0.3) is 0 Å². The number of morpholine rings is 1. The van der Waals surface area contributed by atoms with E-state index in [-0.39, 0.29) is 11.8 Å². The highest BCUT2D eigenvalue weighted by molar-refractivity contribution is 7.09. The van der Waals surface area contributed by atoms with Crippen LogP contribution in [0.3, 0.4) is 0 Å². The van der Waals surface area contributed by atoms with E-state index in [2.05, 4.69) is 36.8 Å². The van der Waals surface area contributed by atoms with Crippen LogP contribution in [0.1, 0.15) is 17.7 Å². The second kappa shape index (κ2) is 9.34. The molecule has 0 radical (unpaired) electrons. The van der Waals surface area contributed by atoms with E-state index in [1.54, 1.807) is 11.3 Å². The van der Waals surface area contributed by atoms with Crippen LogP contribution in [-0.4, -0.2) is 62.0 Å². The molecule has 4 heterocycles.